The lowest BCUT2D eigenvalue weighted by molar-refractivity contribution is 0.239. The Morgan fingerprint density at radius 1 is 0.500 bits per heavy atom. The molecular formula is C17H30O. The maximum absolute atomic E-state index is 5.49. The van der Waals surface area contributed by atoms with Crippen LogP contribution < -0.4 is 0 Å². The topological polar surface area (TPSA) is 9.23 Å². The molecule has 0 aromatic heterocycles. The van der Waals surface area contributed by atoms with Gasteiger partial charge in [0, 0.05) is 0 Å². The summed E-state index contributed by atoms with van der Waals surface area (Å²) in [6, 6.07) is 0. The Balaban J connectivity index is 2.12. The van der Waals surface area contributed by atoms with Crippen LogP contribution in [0.2, 0.25) is 0 Å². The molecule has 0 amide bonds. The molecule has 0 atom stereocenters. The molecule has 1 heterocycles. The highest BCUT2D eigenvalue weighted by Crippen LogP contribution is 2.09. The standard InChI is InChI=1S/C17H30O/c1-2-4-6-8-10-12-14-16-18-17-15-13-11-9-7-5-3-1/h1-2,15,17H,3-14,16H2. The van der Waals surface area contributed by atoms with Gasteiger partial charge in [-0.1, -0.05) is 44.3 Å². The third-order valence-electron chi connectivity index (χ3n) is 3.48. The van der Waals surface area contributed by atoms with Gasteiger partial charge in [0.25, 0.3) is 0 Å². The van der Waals surface area contributed by atoms with Crippen LogP contribution in [0.1, 0.15) is 77.0 Å². The normalized spacial score (nSPS) is 21.8. The highest BCUT2D eigenvalue weighted by Gasteiger charge is 1.91. The van der Waals surface area contributed by atoms with Crippen LogP contribution in [0.5, 0.6) is 0 Å². The third-order valence-corrected chi connectivity index (χ3v) is 3.48. The number of hydrogen-bond acceptors (Lipinski definition) is 1. The van der Waals surface area contributed by atoms with E-state index in [1.54, 1.807) is 0 Å². The molecule has 1 nitrogen and oxygen atoms in total. The number of hydrogen-bond donors (Lipinski definition) is 0. The summed E-state index contributed by atoms with van der Waals surface area (Å²) in [5.74, 6) is 0. The number of allylic oxidation sites excluding steroid dienone is 3. The summed E-state index contributed by atoms with van der Waals surface area (Å²) in [5.41, 5.74) is 0. The zero-order valence-electron chi connectivity index (χ0n) is 11.9. The summed E-state index contributed by atoms with van der Waals surface area (Å²) < 4.78 is 5.49. The van der Waals surface area contributed by atoms with E-state index in [9.17, 15) is 0 Å². The smallest absolute Gasteiger partial charge is 0.0873 e. The van der Waals surface area contributed by atoms with Crippen molar-refractivity contribution < 1.29 is 4.74 Å². The molecule has 1 rings (SSSR count). The van der Waals surface area contributed by atoms with Gasteiger partial charge < -0.3 is 4.74 Å². The molecule has 0 aliphatic carbocycles. The van der Waals surface area contributed by atoms with Gasteiger partial charge in [0.2, 0.25) is 0 Å². The molecule has 0 N–H and O–H groups in total. The molecule has 1 aliphatic rings. The fourth-order valence-corrected chi connectivity index (χ4v) is 2.30. The van der Waals surface area contributed by atoms with Crippen molar-refractivity contribution in [2.45, 2.75) is 77.0 Å². The summed E-state index contributed by atoms with van der Waals surface area (Å²) in [4.78, 5) is 0. The minimum absolute atomic E-state index is 0.899. The lowest BCUT2D eigenvalue weighted by atomic mass is 10.1. The third kappa shape index (κ3) is 10.4. The fraction of sp³-hybridized carbons (Fsp3) is 0.765. The van der Waals surface area contributed by atoms with E-state index in [1.807, 2.05) is 6.26 Å². The van der Waals surface area contributed by atoms with Gasteiger partial charge in [0.05, 0.1) is 12.9 Å². The Morgan fingerprint density at radius 3 is 1.67 bits per heavy atom. The van der Waals surface area contributed by atoms with Gasteiger partial charge in [-0.2, -0.15) is 0 Å². The first-order chi connectivity index (χ1) is 9.00. The molecule has 0 aromatic rings. The summed E-state index contributed by atoms with van der Waals surface area (Å²) in [5, 5.41) is 0. The van der Waals surface area contributed by atoms with Gasteiger partial charge in [-0.25, -0.2) is 0 Å². The highest BCUT2D eigenvalue weighted by molar-refractivity contribution is 4.81. The van der Waals surface area contributed by atoms with E-state index in [0.29, 0.717) is 0 Å². The molecule has 1 aliphatic heterocycles. The molecule has 0 saturated heterocycles. The van der Waals surface area contributed by atoms with E-state index >= 15 is 0 Å². The van der Waals surface area contributed by atoms with Crippen LogP contribution in [-0.4, -0.2) is 6.61 Å². The largest absolute Gasteiger partial charge is 0.502 e. The van der Waals surface area contributed by atoms with E-state index < -0.39 is 0 Å². The van der Waals surface area contributed by atoms with E-state index in [-0.39, 0.29) is 0 Å². The minimum Gasteiger partial charge on any atom is -0.502 e. The maximum atomic E-state index is 5.49. The molecular weight excluding hydrogens is 220 g/mol. The van der Waals surface area contributed by atoms with Crippen molar-refractivity contribution in [2.75, 3.05) is 6.61 Å². The van der Waals surface area contributed by atoms with Crippen LogP contribution in [0.25, 0.3) is 0 Å². The zero-order chi connectivity index (χ0) is 12.7. The summed E-state index contributed by atoms with van der Waals surface area (Å²) >= 11 is 0. The quantitative estimate of drug-likeness (QED) is 0.496. The van der Waals surface area contributed by atoms with Crippen molar-refractivity contribution in [2.24, 2.45) is 0 Å². The van der Waals surface area contributed by atoms with Gasteiger partial charge >= 0.3 is 0 Å². The van der Waals surface area contributed by atoms with E-state index in [1.165, 1.54) is 77.0 Å². The molecule has 1 heteroatoms. The SMILES string of the molecule is C1=CCCCCCCCOC=CCCCCCC1. The summed E-state index contributed by atoms with van der Waals surface area (Å²) in [6.07, 6.45) is 24.6. The van der Waals surface area contributed by atoms with Crippen LogP contribution in [0.3, 0.4) is 0 Å². The molecule has 0 saturated carbocycles. The first kappa shape index (κ1) is 15.3. The van der Waals surface area contributed by atoms with Gasteiger partial charge in [-0.15, -0.1) is 0 Å². The Bertz CT molecular complexity index is 194. The molecule has 0 spiro atoms. The second kappa shape index (κ2) is 12.7. The maximum Gasteiger partial charge on any atom is 0.0873 e. The zero-order valence-corrected chi connectivity index (χ0v) is 11.9. The van der Waals surface area contributed by atoms with Crippen molar-refractivity contribution in [3.63, 3.8) is 0 Å². The molecule has 0 aromatic carbocycles. The Kier molecular flexibility index (Phi) is 10.8. The molecule has 0 radical (unpaired) electrons. The molecule has 0 unspecified atom stereocenters. The lowest BCUT2D eigenvalue weighted by Crippen LogP contribution is -1.88. The average molecular weight is 250 g/mol. The lowest BCUT2D eigenvalue weighted by Gasteiger charge is -2.02. The first-order valence-corrected chi connectivity index (χ1v) is 7.92. The van der Waals surface area contributed by atoms with Gasteiger partial charge in [0.15, 0.2) is 0 Å². The summed E-state index contributed by atoms with van der Waals surface area (Å²) in [7, 11) is 0. The summed E-state index contributed by atoms with van der Waals surface area (Å²) in [6.45, 7) is 0.899. The van der Waals surface area contributed by atoms with E-state index in [0.717, 1.165) is 6.61 Å². The number of ether oxygens (including phenoxy) is 1. The molecule has 18 heavy (non-hydrogen) atoms. The Labute approximate surface area is 113 Å². The van der Waals surface area contributed by atoms with E-state index in [4.69, 9.17) is 4.74 Å². The fourth-order valence-electron chi connectivity index (χ4n) is 2.30. The predicted octanol–water partition coefficient (Wildman–Crippen LogP) is 5.77. The van der Waals surface area contributed by atoms with Crippen LogP contribution in [-0.2, 0) is 4.74 Å². The Morgan fingerprint density at radius 2 is 1.00 bits per heavy atom. The average Bonchev–Trinajstić information content (AvgIpc) is 2.39. The van der Waals surface area contributed by atoms with Gasteiger partial charge in [-0.3, -0.25) is 0 Å². The van der Waals surface area contributed by atoms with Crippen molar-refractivity contribution in [1.29, 1.82) is 0 Å². The van der Waals surface area contributed by atoms with Crippen LogP contribution in [0, 0.1) is 0 Å². The monoisotopic (exact) mass is 250 g/mol. The van der Waals surface area contributed by atoms with Gasteiger partial charge in [-0.05, 0) is 51.0 Å². The second-order valence-corrected chi connectivity index (χ2v) is 5.26. The van der Waals surface area contributed by atoms with Crippen LogP contribution in [0.4, 0.5) is 0 Å². The van der Waals surface area contributed by atoms with E-state index in [2.05, 4.69) is 18.2 Å². The van der Waals surface area contributed by atoms with Crippen LogP contribution in [0.15, 0.2) is 24.5 Å². The Hall–Kier alpha value is -0.720. The van der Waals surface area contributed by atoms with Crippen molar-refractivity contribution in [3.05, 3.63) is 24.5 Å². The van der Waals surface area contributed by atoms with Crippen LogP contribution >= 0.6 is 0 Å². The molecule has 0 fully saturated rings. The second-order valence-electron chi connectivity index (χ2n) is 5.26. The van der Waals surface area contributed by atoms with Crippen molar-refractivity contribution in [1.82, 2.24) is 0 Å². The predicted molar refractivity (Wildman–Crippen MR) is 79.6 cm³/mol. The first-order valence-electron chi connectivity index (χ1n) is 7.92. The molecule has 104 valence electrons. The number of rotatable bonds is 0. The minimum atomic E-state index is 0.899. The molecule has 0 bridgehead atoms. The van der Waals surface area contributed by atoms with Gasteiger partial charge in [0.1, 0.15) is 0 Å². The highest BCUT2D eigenvalue weighted by atomic mass is 16.5. The van der Waals surface area contributed by atoms with Crippen molar-refractivity contribution >= 4 is 0 Å². The van der Waals surface area contributed by atoms with Crippen molar-refractivity contribution in [3.8, 4) is 0 Å².